The maximum absolute atomic E-state index is 4.69. The van der Waals surface area contributed by atoms with Crippen LogP contribution in [0, 0.1) is 0 Å². The summed E-state index contributed by atoms with van der Waals surface area (Å²) >= 11 is 0. The molecule has 0 unspecified atom stereocenters. The lowest BCUT2D eigenvalue weighted by atomic mass is 10.1. The highest BCUT2D eigenvalue weighted by Crippen LogP contribution is 2.23. The van der Waals surface area contributed by atoms with Gasteiger partial charge in [0, 0.05) is 5.57 Å². The summed E-state index contributed by atoms with van der Waals surface area (Å²) in [6.07, 6.45) is 22.0. The quantitative estimate of drug-likeness (QED) is 0.648. The van der Waals surface area contributed by atoms with E-state index in [1.165, 1.54) is 0 Å². The highest BCUT2D eigenvalue weighted by atomic mass is 14.8. The third-order valence-electron chi connectivity index (χ3n) is 4.34. The summed E-state index contributed by atoms with van der Waals surface area (Å²) in [6, 6.07) is 0. The van der Waals surface area contributed by atoms with E-state index >= 15 is 0 Å². The largest absolute Gasteiger partial charge is 0.249 e. The summed E-state index contributed by atoms with van der Waals surface area (Å²) in [7, 11) is 0. The van der Waals surface area contributed by atoms with Gasteiger partial charge in [0.25, 0.3) is 0 Å². The van der Waals surface area contributed by atoms with E-state index in [4.69, 9.17) is 9.98 Å². The van der Waals surface area contributed by atoms with Crippen LogP contribution in [0.2, 0.25) is 0 Å². The van der Waals surface area contributed by atoms with Crippen molar-refractivity contribution in [3.05, 3.63) is 95.2 Å². The van der Waals surface area contributed by atoms with Gasteiger partial charge < -0.3 is 0 Å². The Morgan fingerprint density at radius 1 is 0.520 bits per heavy atom. The van der Waals surface area contributed by atoms with Crippen LogP contribution in [-0.4, -0.2) is 22.8 Å². The van der Waals surface area contributed by atoms with Crippen molar-refractivity contribution < 1.29 is 0 Å². The van der Waals surface area contributed by atoms with Crippen LogP contribution in [0.15, 0.2) is 115 Å². The van der Waals surface area contributed by atoms with Gasteiger partial charge in [-0.05, 0) is 73.8 Å². The van der Waals surface area contributed by atoms with E-state index in [9.17, 15) is 0 Å². The fraction of sp³-hybridized carbons (Fsp3) is 0.0476. The summed E-state index contributed by atoms with van der Waals surface area (Å²) in [5.74, 6) is 0. The van der Waals surface area contributed by atoms with E-state index < -0.39 is 0 Å². The normalized spacial score (nSPS) is 31.8. The van der Waals surface area contributed by atoms with Crippen molar-refractivity contribution in [3.63, 3.8) is 0 Å². The van der Waals surface area contributed by atoms with E-state index in [0.29, 0.717) is 0 Å². The first-order valence-corrected chi connectivity index (χ1v) is 8.16. The molecular weight excluding hydrogens is 308 g/mol. The molecule has 0 atom stereocenters. The number of hydrogen-bond donors (Lipinski definition) is 0. The molecule has 0 saturated heterocycles. The molecule has 0 fully saturated rings. The average Bonchev–Trinajstić information content (AvgIpc) is 3.36. The first-order chi connectivity index (χ1) is 12.2. The molecule has 0 aromatic rings. The molecule has 5 rings (SSSR count). The molecule has 0 spiro atoms. The molecule has 0 aromatic carbocycles. The molecule has 0 aliphatic carbocycles. The van der Waals surface area contributed by atoms with Crippen LogP contribution in [0.3, 0.4) is 0 Å². The topological polar surface area (TPSA) is 49.4 Å². The van der Waals surface area contributed by atoms with Crippen molar-refractivity contribution in [3.8, 4) is 0 Å². The average molecular weight is 322 g/mol. The second kappa shape index (κ2) is 5.31. The summed E-state index contributed by atoms with van der Waals surface area (Å²) in [4.78, 5) is 18.6. The minimum absolute atomic E-state index is 0.895. The summed E-state index contributed by atoms with van der Waals surface area (Å²) in [5, 5.41) is 0. The molecular formula is C21H14N4. The van der Waals surface area contributed by atoms with Crippen molar-refractivity contribution in [1.29, 1.82) is 0 Å². The van der Waals surface area contributed by atoms with Crippen molar-refractivity contribution in [1.82, 2.24) is 0 Å². The minimum Gasteiger partial charge on any atom is -0.249 e. The van der Waals surface area contributed by atoms with Crippen molar-refractivity contribution in [2.75, 3.05) is 0 Å². The number of nitrogens with zero attached hydrogens (tertiary/aromatic N) is 4. The van der Waals surface area contributed by atoms with E-state index in [1.807, 2.05) is 73.8 Å². The van der Waals surface area contributed by atoms with E-state index in [1.54, 1.807) is 0 Å². The van der Waals surface area contributed by atoms with Gasteiger partial charge in [0.05, 0.1) is 45.6 Å². The van der Waals surface area contributed by atoms with Crippen LogP contribution in [0.5, 0.6) is 0 Å². The lowest BCUT2D eigenvalue weighted by Gasteiger charge is -2.00. The van der Waals surface area contributed by atoms with Gasteiger partial charge in [0.15, 0.2) is 0 Å². The molecule has 5 aliphatic heterocycles. The molecule has 4 heteroatoms. The Morgan fingerprint density at radius 2 is 1.04 bits per heavy atom. The van der Waals surface area contributed by atoms with Gasteiger partial charge in [-0.1, -0.05) is 0 Å². The Kier molecular flexibility index (Phi) is 2.97. The summed E-state index contributed by atoms with van der Waals surface area (Å²) in [6.45, 7) is 2.05. The fourth-order valence-corrected chi connectivity index (χ4v) is 3.03. The van der Waals surface area contributed by atoms with E-state index in [2.05, 4.69) is 9.98 Å². The SMILES string of the molecule is C/C1=C2\C=CC(=N2)/C=C2/C=CC(=N2)/C=C2/C=CC(=N2)/C=C2/C=CC1=N2. The van der Waals surface area contributed by atoms with Crippen molar-refractivity contribution in [2.24, 2.45) is 20.0 Å². The maximum atomic E-state index is 4.69. The molecule has 0 saturated carbocycles. The second-order valence-electron chi connectivity index (χ2n) is 6.16. The van der Waals surface area contributed by atoms with E-state index in [-0.39, 0.29) is 0 Å². The molecule has 8 bridgehead atoms. The number of hydrogen-bond acceptors (Lipinski definition) is 4. The monoisotopic (exact) mass is 322 g/mol. The molecule has 5 aliphatic rings. The number of allylic oxidation sites excluding steroid dienone is 12. The molecule has 0 aromatic heterocycles. The maximum Gasteiger partial charge on any atom is 0.0688 e. The minimum atomic E-state index is 0.895. The van der Waals surface area contributed by atoms with Crippen LogP contribution < -0.4 is 0 Å². The highest BCUT2D eigenvalue weighted by Gasteiger charge is 2.14. The van der Waals surface area contributed by atoms with Gasteiger partial charge in [0.2, 0.25) is 0 Å². The van der Waals surface area contributed by atoms with Gasteiger partial charge in [-0.3, -0.25) is 0 Å². The number of aliphatic imine (C=N–C) groups is 4. The molecule has 118 valence electrons. The zero-order valence-corrected chi connectivity index (χ0v) is 13.6. The predicted octanol–water partition coefficient (Wildman–Crippen LogP) is 3.97. The van der Waals surface area contributed by atoms with Gasteiger partial charge in [-0.2, -0.15) is 0 Å². The van der Waals surface area contributed by atoms with Crippen LogP contribution in [-0.2, 0) is 0 Å². The first-order valence-electron chi connectivity index (χ1n) is 8.16. The molecule has 5 heterocycles. The smallest absolute Gasteiger partial charge is 0.0688 e. The number of fused-ring (bicyclic) bond motifs is 4. The zero-order chi connectivity index (χ0) is 16.8. The third kappa shape index (κ3) is 2.58. The predicted molar refractivity (Wildman–Crippen MR) is 103 cm³/mol. The molecule has 0 radical (unpaired) electrons. The Balaban J connectivity index is 1.68. The molecule has 4 nitrogen and oxygen atoms in total. The molecule has 0 N–H and O–H groups in total. The summed E-state index contributed by atoms with van der Waals surface area (Å²) in [5.41, 5.74) is 8.33. The second-order valence-corrected chi connectivity index (χ2v) is 6.16. The first kappa shape index (κ1) is 14.0. The van der Waals surface area contributed by atoms with E-state index in [0.717, 1.165) is 51.2 Å². The van der Waals surface area contributed by atoms with Crippen molar-refractivity contribution >= 4 is 22.8 Å². The highest BCUT2D eigenvalue weighted by molar-refractivity contribution is 6.16. The fourth-order valence-electron chi connectivity index (χ4n) is 3.03. The van der Waals surface area contributed by atoms with Crippen LogP contribution in [0.4, 0.5) is 0 Å². The van der Waals surface area contributed by atoms with Gasteiger partial charge >= 0.3 is 0 Å². The third-order valence-corrected chi connectivity index (χ3v) is 4.34. The summed E-state index contributed by atoms with van der Waals surface area (Å²) < 4.78 is 0. The van der Waals surface area contributed by atoms with Crippen LogP contribution in [0.1, 0.15) is 6.92 Å². The Hall–Kier alpha value is -3.40. The molecule has 25 heavy (non-hydrogen) atoms. The van der Waals surface area contributed by atoms with Gasteiger partial charge in [0.1, 0.15) is 0 Å². The Morgan fingerprint density at radius 3 is 1.72 bits per heavy atom. The Labute approximate surface area is 145 Å². The standard InChI is InChI=1S/C21H14N4/c1-13-20-8-6-18(24-20)11-16-4-2-14(22-16)10-15-3-5-17(23-15)12-19-7-9-21(13)25-19/h2-12H,1H3/b14-10-,15-10?,16-11?,17-12-,18-11-,19-12?,20-13?,21-13-. The zero-order valence-electron chi connectivity index (χ0n) is 13.6. The van der Waals surface area contributed by atoms with Crippen LogP contribution in [0.25, 0.3) is 0 Å². The Bertz CT molecular complexity index is 1070. The lowest BCUT2D eigenvalue weighted by Crippen LogP contribution is -1.95. The van der Waals surface area contributed by atoms with Gasteiger partial charge in [-0.25, -0.2) is 20.0 Å². The number of rotatable bonds is 0. The van der Waals surface area contributed by atoms with Gasteiger partial charge in [-0.15, -0.1) is 0 Å². The van der Waals surface area contributed by atoms with Crippen molar-refractivity contribution in [2.45, 2.75) is 6.92 Å². The molecule has 0 amide bonds. The lowest BCUT2D eigenvalue weighted by molar-refractivity contribution is 1.35. The van der Waals surface area contributed by atoms with Crippen LogP contribution >= 0.6 is 0 Å².